The number of hydrogen-bond donors (Lipinski definition) is 0. The van der Waals surface area contributed by atoms with Crippen LogP contribution in [0.2, 0.25) is 0 Å². The maximum atomic E-state index is 11.1. The summed E-state index contributed by atoms with van der Waals surface area (Å²) in [6.07, 6.45) is 0.967. The Morgan fingerprint density at radius 1 is 1.73 bits per heavy atom. The molecule has 62 valence electrons. The van der Waals surface area contributed by atoms with E-state index in [0.717, 1.165) is 0 Å². The molecule has 0 radical (unpaired) electrons. The van der Waals surface area contributed by atoms with Crippen LogP contribution in [0.5, 0.6) is 0 Å². The van der Waals surface area contributed by atoms with Crippen molar-refractivity contribution in [3.8, 4) is 0 Å². The van der Waals surface area contributed by atoms with Crippen LogP contribution in [0.15, 0.2) is 0 Å². The Morgan fingerprint density at radius 3 is 2.73 bits per heavy atom. The Bertz CT molecular complexity index is 189. The van der Waals surface area contributed by atoms with Crippen LogP contribution in [-0.2, 0) is 9.59 Å². The highest BCUT2D eigenvalue weighted by Crippen LogP contribution is 2.17. The monoisotopic (exact) mass is 155 g/mol. The fourth-order valence-corrected chi connectivity index (χ4v) is 1.37. The van der Waals surface area contributed by atoms with Crippen LogP contribution < -0.4 is 0 Å². The first-order valence-corrected chi connectivity index (χ1v) is 3.91. The molecule has 1 aliphatic heterocycles. The minimum Gasteiger partial charge on any atom is -0.345 e. The third-order valence-electron chi connectivity index (χ3n) is 2.14. The topological polar surface area (TPSA) is 37.4 Å². The Morgan fingerprint density at radius 2 is 2.36 bits per heavy atom. The lowest BCUT2D eigenvalue weighted by Crippen LogP contribution is -2.20. The molecule has 1 amide bonds. The van der Waals surface area contributed by atoms with Gasteiger partial charge in [0, 0.05) is 32.4 Å². The highest BCUT2D eigenvalue weighted by atomic mass is 16.2. The molecule has 0 aromatic rings. The Kier molecular flexibility index (Phi) is 2.27. The van der Waals surface area contributed by atoms with Gasteiger partial charge in [-0.05, 0) is 0 Å². The number of nitrogens with zero attached hydrogens (tertiary/aromatic N) is 1. The third-order valence-corrected chi connectivity index (χ3v) is 2.14. The molecule has 0 spiro atoms. The van der Waals surface area contributed by atoms with Crippen molar-refractivity contribution in [2.24, 2.45) is 5.92 Å². The van der Waals surface area contributed by atoms with E-state index in [2.05, 4.69) is 0 Å². The zero-order valence-corrected chi connectivity index (χ0v) is 6.96. The SMILES string of the molecule is CCC(=O)C1CC(=O)N(C)C1. The summed E-state index contributed by atoms with van der Waals surface area (Å²) in [5.41, 5.74) is 0. The number of rotatable bonds is 2. The first-order valence-electron chi connectivity index (χ1n) is 3.91. The molecule has 0 aromatic heterocycles. The molecule has 1 atom stereocenters. The largest absolute Gasteiger partial charge is 0.345 e. The first-order chi connectivity index (χ1) is 5.15. The van der Waals surface area contributed by atoms with E-state index in [0.29, 0.717) is 19.4 Å². The Hall–Kier alpha value is -0.860. The average molecular weight is 155 g/mol. The van der Waals surface area contributed by atoms with Crippen LogP contribution in [0.4, 0.5) is 0 Å². The van der Waals surface area contributed by atoms with Gasteiger partial charge in [-0.25, -0.2) is 0 Å². The minimum absolute atomic E-state index is 0.0301. The van der Waals surface area contributed by atoms with E-state index in [4.69, 9.17) is 0 Å². The number of carbonyl (C=O) groups excluding carboxylic acids is 2. The second-order valence-corrected chi connectivity index (χ2v) is 3.00. The number of amides is 1. The van der Waals surface area contributed by atoms with Crippen molar-refractivity contribution in [2.45, 2.75) is 19.8 Å². The van der Waals surface area contributed by atoms with Gasteiger partial charge in [0.15, 0.2) is 0 Å². The highest BCUT2D eigenvalue weighted by Gasteiger charge is 2.30. The molecule has 1 fully saturated rings. The maximum absolute atomic E-state index is 11.1. The van der Waals surface area contributed by atoms with Crippen LogP contribution >= 0.6 is 0 Å². The summed E-state index contributed by atoms with van der Waals surface area (Å²) < 4.78 is 0. The molecule has 3 nitrogen and oxygen atoms in total. The third kappa shape index (κ3) is 1.59. The fraction of sp³-hybridized carbons (Fsp3) is 0.750. The van der Waals surface area contributed by atoms with Gasteiger partial charge in [-0.1, -0.05) is 6.92 Å². The lowest BCUT2D eigenvalue weighted by molar-refractivity contribution is -0.127. The molecule has 3 heteroatoms. The van der Waals surface area contributed by atoms with E-state index < -0.39 is 0 Å². The summed E-state index contributed by atoms with van der Waals surface area (Å²) in [5, 5.41) is 0. The van der Waals surface area contributed by atoms with Crippen molar-refractivity contribution in [3.63, 3.8) is 0 Å². The van der Waals surface area contributed by atoms with Gasteiger partial charge in [-0.3, -0.25) is 9.59 Å². The fourth-order valence-electron chi connectivity index (χ4n) is 1.37. The summed E-state index contributed by atoms with van der Waals surface area (Å²) in [5.74, 6) is 0.275. The molecule has 11 heavy (non-hydrogen) atoms. The number of carbonyl (C=O) groups is 2. The van der Waals surface area contributed by atoms with E-state index in [1.807, 2.05) is 6.92 Å². The lowest BCUT2D eigenvalue weighted by Gasteiger charge is -2.07. The van der Waals surface area contributed by atoms with Crippen molar-refractivity contribution < 1.29 is 9.59 Å². The smallest absolute Gasteiger partial charge is 0.223 e. The van der Waals surface area contributed by atoms with Crippen LogP contribution in [0.3, 0.4) is 0 Å². The molecule has 0 aromatic carbocycles. The molecule has 0 bridgehead atoms. The van der Waals surface area contributed by atoms with Crippen molar-refractivity contribution in [1.29, 1.82) is 0 Å². The van der Waals surface area contributed by atoms with Gasteiger partial charge >= 0.3 is 0 Å². The average Bonchev–Trinajstić information content (AvgIpc) is 2.31. The van der Waals surface area contributed by atoms with Gasteiger partial charge in [0.1, 0.15) is 5.78 Å². The molecular formula is C8H13NO2. The number of hydrogen-bond acceptors (Lipinski definition) is 2. The Balaban J connectivity index is 2.53. The van der Waals surface area contributed by atoms with Crippen molar-refractivity contribution in [2.75, 3.05) is 13.6 Å². The molecular weight excluding hydrogens is 142 g/mol. The minimum atomic E-state index is -0.0301. The van der Waals surface area contributed by atoms with Crippen LogP contribution in [0.25, 0.3) is 0 Å². The normalized spacial score (nSPS) is 24.4. The standard InChI is InChI=1S/C8H13NO2/c1-3-7(10)6-4-8(11)9(2)5-6/h6H,3-5H2,1-2H3. The summed E-state index contributed by atoms with van der Waals surface area (Å²) in [6.45, 7) is 2.45. The van der Waals surface area contributed by atoms with Gasteiger partial charge in [-0.15, -0.1) is 0 Å². The molecule has 1 heterocycles. The highest BCUT2D eigenvalue weighted by molar-refractivity contribution is 5.90. The van der Waals surface area contributed by atoms with E-state index in [-0.39, 0.29) is 17.6 Å². The maximum Gasteiger partial charge on any atom is 0.223 e. The second-order valence-electron chi connectivity index (χ2n) is 3.00. The molecule has 0 N–H and O–H groups in total. The van der Waals surface area contributed by atoms with E-state index in [1.165, 1.54) is 0 Å². The van der Waals surface area contributed by atoms with Crippen molar-refractivity contribution in [3.05, 3.63) is 0 Å². The molecule has 1 saturated heterocycles. The molecule has 0 aliphatic carbocycles. The van der Waals surface area contributed by atoms with Crippen LogP contribution in [-0.4, -0.2) is 30.2 Å². The van der Waals surface area contributed by atoms with Crippen LogP contribution in [0.1, 0.15) is 19.8 Å². The quantitative estimate of drug-likeness (QED) is 0.580. The van der Waals surface area contributed by atoms with E-state index >= 15 is 0 Å². The second kappa shape index (κ2) is 3.03. The molecule has 1 aliphatic rings. The Labute approximate surface area is 66.4 Å². The summed E-state index contributed by atoms with van der Waals surface area (Å²) >= 11 is 0. The summed E-state index contributed by atoms with van der Waals surface area (Å²) in [4.78, 5) is 23.7. The van der Waals surface area contributed by atoms with Crippen LogP contribution in [0, 0.1) is 5.92 Å². The van der Waals surface area contributed by atoms with Crippen molar-refractivity contribution in [1.82, 2.24) is 4.90 Å². The molecule has 1 unspecified atom stereocenters. The van der Waals surface area contributed by atoms with E-state index in [9.17, 15) is 9.59 Å². The zero-order valence-electron chi connectivity index (χ0n) is 6.96. The predicted octanol–water partition coefficient (Wildman–Crippen LogP) is 0.444. The van der Waals surface area contributed by atoms with Gasteiger partial charge in [0.2, 0.25) is 5.91 Å². The van der Waals surface area contributed by atoms with Gasteiger partial charge in [-0.2, -0.15) is 0 Å². The predicted molar refractivity (Wildman–Crippen MR) is 41.0 cm³/mol. The van der Waals surface area contributed by atoms with Gasteiger partial charge < -0.3 is 4.90 Å². The zero-order chi connectivity index (χ0) is 8.43. The van der Waals surface area contributed by atoms with Gasteiger partial charge in [0.25, 0.3) is 0 Å². The molecule has 1 rings (SSSR count). The van der Waals surface area contributed by atoms with E-state index in [1.54, 1.807) is 11.9 Å². The van der Waals surface area contributed by atoms with Crippen molar-refractivity contribution >= 4 is 11.7 Å². The number of Topliss-reactive ketones (excluding diaryl/α,β-unsaturated/α-hetero) is 1. The lowest BCUT2D eigenvalue weighted by atomic mass is 10.0. The number of likely N-dealkylation sites (tertiary alicyclic amines) is 1. The summed E-state index contributed by atoms with van der Waals surface area (Å²) in [6, 6.07) is 0. The summed E-state index contributed by atoms with van der Waals surface area (Å²) in [7, 11) is 1.74. The van der Waals surface area contributed by atoms with Gasteiger partial charge in [0.05, 0.1) is 0 Å². The molecule has 0 saturated carbocycles. The number of ketones is 1. The first kappa shape index (κ1) is 8.24.